The number of nitrogens with zero attached hydrogens (tertiary/aromatic N) is 7. The molecule has 0 radical (unpaired) electrons. The van der Waals surface area contributed by atoms with Gasteiger partial charge in [0.15, 0.2) is 0 Å². The number of hydrogen-bond acceptors (Lipinski definition) is 9. The van der Waals surface area contributed by atoms with Gasteiger partial charge >= 0.3 is 12.1 Å². The minimum Gasteiger partial charge on any atom is -0.472 e. The number of ether oxygens (including phenoxy) is 2. The first-order valence-corrected chi connectivity index (χ1v) is 17.6. The standard InChI is InChI=1S/C32H34ClF4N7O3.C2H7N.C2H6/c1-40-27-6-4-21(31(45)46-2)13-28(27)43(16-25-15-38-20-42(25)19-32(35,36)37)30(40)17-41-10-7-24(8-11-41)44-12-9-29(39-44)47-18-22-3-5-23(33)14-26(22)34;1-2-3;1-2/h3-6,9,12-15,20,24,30H,7-8,10-11,16-19H2,1-2H3;2-3H2,1H3;1-2H3. The van der Waals surface area contributed by atoms with Gasteiger partial charge in [-0.3, -0.25) is 9.58 Å². The number of rotatable bonds is 10. The molecule has 11 nitrogen and oxygen atoms in total. The average Bonchev–Trinajstić information content (AvgIpc) is 3.84. The van der Waals surface area contributed by atoms with Crippen molar-refractivity contribution in [1.82, 2.24) is 24.2 Å². The lowest BCUT2D eigenvalue weighted by Crippen LogP contribution is -2.51. The van der Waals surface area contributed by atoms with Gasteiger partial charge in [0.05, 0.1) is 48.7 Å². The van der Waals surface area contributed by atoms with E-state index in [9.17, 15) is 22.4 Å². The van der Waals surface area contributed by atoms with Crippen LogP contribution in [0.15, 0.2) is 61.2 Å². The Kier molecular flexibility index (Phi) is 14.3. The van der Waals surface area contributed by atoms with Crippen LogP contribution >= 0.6 is 11.6 Å². The Labute approximate surface area is 306 Å². The minimum atomic E-state index is -4.40. The third-order valence-corrected chi connectivity index (χ3v) is 8.94. The van der Waals surface area contributed by atoms with Crippen LogP contribution in [0.3, 0.4) is 0 Å². The van der Waals surface area contributed by atoms with Crippen molar-refractivity contribution < 1.29 is 31.8 Å². The zero-order valence-corrected chi connectivity index (χ0v) is 30.9. The van der Waals surface area contributed by atoms with Crippen molar-refractivity contribution in [2.75, 3.05) is 50.1 Å². The summed E-state index contributed by atoms with van der Waals surface area (Å²) in [6.45, 7) is 7.85. The van der Waals surface area contributed by atoms with Crippen LogP contribution in [0.4, 0.5) is 28.9 Å². The predicted octanol–water partition coefficient (Wildman–Crippen LogP) is 6.91. The average molecular weight is 751 g/mol. The highest BCUT2D eigenvalue weighted by Gasteiger charge is 2.37. The summed E-state index contributed by atoms with van der Waals surface area (Å²) in [6, 6.07) is 11.6. The monoisotopic (exact) mass is 750 g/mol. The Morgan fingerprint density at radius 2 is 1.79 bits per heavy atom. The summed E-state index contributed by atoms with van der Waals surface area (Å²) in [4.78, 5) is 22.8. The maximum Gasteiger partial charge on any atom is 0.406 e. The number of halogens is 5. The predicted molar refractivity (Wildman–Crippen MR) is 193 cm³/mol. The normalized spacial score (nSPS) is 16.1. The van der Waals surface area contributed by atoms with Gasteiger partial charge in [-0.15, -0.1) is 5.10 Å². The van der Waals surface area contributed by atoms with E-state index in [4.69, 9.17) is 26.8 Å². The van der Waals surface area contributed by atoms with Gasteiger partial charge in [0.2, 0.25) is 5.88 Å². The molecule has 0 aliphatic carbocycles. The number of piperidine rings is 1. The van der Waals surface area contributed by atoms with Gasteiger partial charge in [-0.2, -0.15) is 13.2 Å². The number of carbonyl (C=O) groups excluding carboxylic acids is 1. The first-order valence-electron chi connectivity index (χ1n) is 17.2. The SMILES string of the molecule is CC.CCN.COC(=O)c1ccc2c(c1)N(Cc1cncn1CC(F)(F)F)C(CN1CCC(n3ccc(OCc4ccc(Cl)cc4F)n3)CC1)N2C. The first kappa shape index (κ1) is 40.4. The number of nitrogens with two attached hydrogens (primary N) is 1. The quantitative estimate of drug-likeness (QED) is 0.137. The zero-order chi connectivity index (χ0) is 38.0. The van der Waals surface area contributed by atoms with E-state index in [1.54, 1.807) is 30.3 Å². The van der Waals surface area contributed by atoms with Crippen molar-refractivity contribution in [3.8, 4) is 5.88 Å². The number of benzene rings is 2. The van der Waals surface area contributed by atoms with E-state index in [1.807, 2.05) is 49.7 Å². The Hall–Kier alpha value is -4.34. The van der Waals surface area contributed by atoms with Gasteiger partial charge in [0, 0.05) is 55.7 Å². The lowest BCUT2D eigenvalue weighted by Gasteiger charge is -2.38. The molecule has 52 heavy (non-hydrogen) atoms. The Bertz CT molecular complexity index is 1740. The number of likely N-dealkylation sites (tertiary alicyclic amines) is 1. The number of methoxy groups -OCH3 is 1. The number of likely N-dealkylation sites (N-methyl/N-ethyl adjacent to an activating group) is 1. The van der Waals surface area contributed by atoms with Crippen LogP contribution in [-0.4, -0.2) is 82.9 Å². The molecule has 6 rings (SSSR count). The fraction of sp³-hybridized carbons (Fsp3) is 0.472. The zero-order valence-electron chi connectivity index (χ0n) is 30.1. The van der Waals surface area contributed by atoms with Crippen molar-refractivity contribution in [3.05, 3.63) is 88.8 Å². The summed E-state index contributed by atoms with van der Waals surface area (Å²) in [5, 5.41) is 4.88. The van der Waals surface area contributed by atoms with E-state index >= 15 is 0 Å². The number of fused-ring (bicyclic) bond motifs is 1. The van der Waals surface area contributed by atoms with Crippen LogP contribution in [0.25, 0.3) is 0 Å². The van der Waals surface area contributed by atoms with E-state index in [1.165, 1.54) is 25.7 Å². The van der Waals surface area contributed by atoms with Gasteiger partial charge in [-0.1, -0.05) is 38.4 Å². The summed E-state index contributed by atoms with van der Waals surface area (Å²) in [6.07, 6.45) is 1.53. The van der Waals surface area contributed by atoms with Gasteiger partial charge in [0.25, 0.3) is 0 Å². The third-order valence-electron chi connectivity index (χ3n) is 8.70. The molecule has 1 atom stereocenters. The first-order chi connectivity index (χ1) is 24.9. The molecule has 2 aromatic heterocycles. The van der Waals surface area contributed by atoms with Gasteiger partial charge < -0.3 is 29.6 Å². The second-order valence-corrected chi connectivity index (χ2v) is 12.6. The fourth-order valence-electron chi connectivity index (χ4n) is 6.22. The van der Waals surface area contributed by atoms with Gasteiger partial charge in [-0.25, -0.2) is 14.2 Å². The fourth-order valence-corrected chi connectivity index (χ4v) is 6.38. The molecular formula is C36H47ClF4N8O3. The van der Waals surface area contributed by atoms with Crippen molar-refractivity contribution >= 4 is 28.9 Å². The molecule has 2 aliphatic heterocycles. The number of hydrogen-bond donors (Lipinski definition) is 1. The topological polar surface area (TPSA) is 107 Å². The molecule has 1 saturated heterocycles. The van der Waals surface area contributed by atoms with Crippen LogP contribution < -0.4 is 20.3 Å². The van der Waals surface area contributed by atoms with Crippen LogP contribution in [-0.2, 0) is 24.4 Å². The molecule has 0 bridgehead atoms. The molecule has 0 spiro atoms. The second-order valence-electron chi connectivity index (χ2n) is 12.1. The molecule has 1 unspecified atom stereocenters. The van der Waals surface area contributed by atoms with E-state index in [0.29, 0.717) is 34.3 Å². The lowest BCUT2D eigenvalue weighted by atomic mass is 10.1. The second kappa shape index (κ2) is 18.4. The molecule has 2 aromatic carbocycles. The maximum absolute atomic E-state index is 14.1. The highest BCUT2D eigenvalue weighted by atomic mass is 35.5. The summed E-state index contributed by atoms with van der Waals surface area (Å²) in [7, 11) is 3.25. The van der Waals surface area contributed by atoms with Crippen LogP contribution in [0.5, 0.6) is 5.88 Å². The van der Waals surface area contributed by atoms with Crippen molar-refractivity contribution in [1.29, 1.82) is 0 Å². The molecule has 4 aromatic rings. The van der Waals surface area contributed by atoms with Crippen molar-refractivity contribution in [2.24, 2.45) is 5.73 Å². The third kappa shape index (κ3) is 10.2. The molecular weight excluding hydrogens is 704 g/mol. The van der Waals surface area contributed by atoms with E-state index in [2.05, 4.69) is 19.9 Å². The summed E-state index contributed by atoms with van der Waals surface area (Å²) in [5.74, 6) is -0.527. The van der Waals surface area contributed by atoms with Gasteiger partial charge in [-0.05, 0) is 49.7 Å². The van der Waals surface area contributed by atoms with Crippen molar-refractivity contribution in [3.63, 3.8) is 0 Å². The number of carbonyl (C=O) groups is 1. The number of aromatic nitrogens is 4. The van der Waals surface area contributed by atoms with Gasteiger partial charge in [0.1, 0.15) is 25.1 Å². The Balaban J connectivity index is 0.00000115. The van der Waals surface area contributed by atoms with Crippen LogP contribution in [0, 0.1) is 5.82 Å². The molecule has 284 valence electrons. The van der Waals surface area contributed by atoms with E-state index in [-0.39, 0.29) is 25.4 Å². The Morgan fingerprint density at radius 3 is 2.44 bits per heavy atom. The number of anilines is 2. The largest absolute Gasteiger partial charge is 0.472 e. The van der Waals surface area contributed by atoms with Crippen LogP contribution in [0.1, 0.15) is 61.3 Å². The smallest absolute Gasteiger partial charge is 0.406 e. The summed E-state index contributed by atoms with van der Waals surface area (Å²) in [5.41, 5.74) is 7.60. The van der Waals surface area contributed by atoms with Crippen molar-refractivity contribution in [2.45, 2.75) is 71.7 Å². The van der Waals surface area contributed by atoms with E-state index < -0.39 is 24.5 Å². The molecule has 0 saturated carbocycles. The maximum atomic E-state index is 14.1. The molecule has 16 heteroatoms. The lowest BCUT2D eigenvalue weighted by molar-refractivity contribution is -0.141. The molecule has 0 amide bonds. The Morgan fingerprint density at radius 1 is 1.08 bits per heavy atom. The number of alkyl halides is 3. The molecule has 2 aliphatic rings. The number of esters is 1. The molecule has 4 heterocycles. The highest BCUT2D eigenvalue weighted by Crippen LogP contribution is 2.41. The highest BCUT2D eigenvalue weighted by molar-refractivity contribution is 6.30. The minimum absolute atomic E-state index is 0.0321. The molecule has 1 fully saturated rings. The summed E-state index contributed by atoms with van der Waals surface area (Å²) >= 11 is 5.83. The van der Waals surface area contributed by atoms with E-state index in [0.717, 1.165) is 48.4 Å². The molecule has 2 N–H and O–H groups in total. The van der Waals surface area contributed by atoms with Crippen LogP contribution in [0.2, 0.25) is 5.02 Å². The number of imidazole rings is 1. The summed E-state index contributed by atoms with van der Waals surface area (Å²) < 4.78 is 67.7.